The van der Waals surface area contributed by atoms with Crippen molar-refractivity contribution < 1.29 is 9.90 Å². The zero-order chi connectivity index (χ0) is 19.9. The fraction of sp³-hybridized carbons (Fsp3) is 0.368. The first-order valence-corrected chi connectivity index (χ1v) is 9.48. The Morgan fingerprint density at radius 1 is 1.36 bits per heavy atom. The van der Waals surface area contributed by atoms with Crippen LogP contribution in [-0.4, -0.2) is 37.4 Å². The van der Waals surface area contributed by atoms with Gasteiger partial charge in [-0.25, -0.2) is 4.98 Å². The molecule has 3 aromatic rings. The Labute approximate surface area is 165 Å². The molecule has 0 atom stereocenters. The summed E-state index contributed by atoms with van der Waals surface area (Å²) in [5.74, 6) is -1.14. The molecule has 3 aromatic heterocycles. The minimum Gasteiger partial charge on any atom is -0.503 e. The van der Waals surface area contributed by atoms with Crippen LogP contribution in [0, 0.1) is 0 Å². The van der Waals surface area contributed by atoms with E-state index in [0.29, 0.717) is 11.6 Å². The zero-order valence-electron chi connectivity index (χ0n) is 15.4. The lowest BCUT2D eigenvalue weighted by Gasteiger charge is -2.32. The van der Waals surface area contributed by atoms with Crippen molar-refractivity contribution in [1.82, 2.24) is 24.6 Å². The first-order chi connectivity index (χ1) is 13.4. The van der Waals surface area contributed by atoms with Crippen molar-refractivity contribution in [3.63, 3.8) is 0 Å². The van der Waals surface area contributed by atoms with Gasteiger partial charge in [-0.05, 0) is 25.0 Å². The molecule has 0 bridgehead atoms. The molecule has 1 fully saturated rings. The van der Waals surface area contributed by atoms with E-state index in [1.165, 1.54) is 17.9 Å². The van der Waals surface area contributed by atoms with Crippen LogP contribution >= 0.6 is 11.6 Å². The van der Waals surface area contributed by atoms with Gasteiger partial charge in [0.15, 0.2) is 11.4 Å². The molecule has 0 saturated heterocycles. The van der Waals surface area contributed by atoms with Gasteiger partial charge in [-0.3, -0.25) is 14.3 Å². The minimum atomic E-state index is -0.785. The molecule has 1 aliphatic carbocycles. The van der Waals surface area contributed by atoms with E-state index in [9.17, 15) is 14.7 Å². The van der Waals surface area contributed by atoms with E-state index in [4.69, 9.17) is 11.6 Å². The summed E-state index contributed by atoms with van der Waals surface area (Å²) in [5.41, 5.74) is -0.698. The van der Waals surface area contributed by atoms with E-state index >= 15 is 0 Å². The normalized spacial score (nSPS) is 15.8. The molecule has 146 valence electrons. The first-order valence-electron chi connectivity index (χ1n) is 9.10. The molecule has 4 rings (SSSR count). The maximum absolute atomic E-state index is 12.1. The second-order valence-corrected chi connectivity index (χ2v) is 7.53. The van der Waals surface area contributed by atoms with Gasteiger partial charge in [-0.1, -0.05) is 24.4 Å². The number of amides is 1. The highest BCUT2D eigenvalue weighted by Crippen LogP contribution is 2.41. The van der Waals surface area contributed by atoms with Crippen LogP contribution in [0.3, 0.4) is 0 Å². The summed E-state index contributed by atoms with van der Waals surface area (Å²) in [6.07, 6.45) is 8.67. The van der Waals surface area contributed by atoms with Crippen LogP contribution in [-0.2, 0) is 12.1 Å². The predicted molar refractivity (Wildman–Crippen MR) is 105 cm³/mol. The number of hydrogen-bond donors (Lipinski definition) is 2. The van der Waals surface area contributed by atoms with Crippen LogP contribution in [0.15, 0.2) is 35.5 Å². The number of carbonyl (C=O) groups excluding carboxylic acids is 1. The van der Waals surface area contributed by atoms with E-state index in [-0.39, 0.29) is 11.2 Å². The number of hydrogen-bond acceptors (Lipinski definition) is 5. The Kier molecular flexibility index (Phi) is 4.58. The van der Waals surface area contributed by atoms with Crippen molar-refractivity contribution in [2.75, 3.05) is 7.05 Å². The van der Waals surface area contributed by atoms with Crippen molar-refractivity contribution >= 4 is 28.5 Å². The van der Waals surface area contributed by atoms with Crippen LogP contribution in [0.1, 0.15) is 36.2 Å². The van der Waals surface area contributed by atoms with Gasteiger partial charge in [0.25, 0.3) is 11.3 Å². The van der Waals surface area contributed by atoms with Gasteiger partial charge < -0.3 is 15.0 Å². The van der Waals surface area contributed by atoms with Crippen molar-refractivity contribution in [1.29, 1.82) is 0 Å². The number of nitrogens with zero attached hydrogens (tertiary/aromatic N) is 4. The third-order valence-electron chi connectivity index (χ3n) is 5.41. The minimum absolute atomic E-state index is 0.329. The highest BCUT2D eigenvalue weighted by atomic mass is 35.5. The molecule has 8 nitrogen and oxygen atoms in total. The number of fused-ring (bicyclic) bond motifs is 1. The van der Waals surface area contributed by atoms with E-state index in [1.54, 1.807) is 6.20 Å². The largest absolute Gasteiger partial charge is 0.503 e. The van der Waals surface area contributed by atoms with Crippen LogP contribution in [0.25, 0.3) is 11.0 Å². The Morgan fingerprint density at radius 2 is 2.11 bits per heavy atom. The Morgan fingerprint density at radius 3 is 2.82 bits per heavy atom. The number of halogens is 1. The second kappa shape index (κ2) is 6.94. The topological polar surface area (TPSA) is 102 Å². The number of carbonyl (C=O) groups is 1. The molecular formula is C19H20ClN5O3. The number of aromatic nitrogens is 4. The molecule has 1 amide bonds. The summed E-state index contributed by atoms with van der Waals surface area (Å²) in [6, 6.07) is 3.77. The Hall–Kier alpha value is -2.87. The summed E-state index contributed by atoms with van der Waals surface area (Å²) in [6.45, 7) is 0.377. The third-order valence-corrected chi connectivity index (χ3v) is 5.71. The number of aromatic hydroxyl groups is 1. The summed E-state index contributed by atoms with van der Waals surface area (Å²) in [4.78, 5) is 28.5. The van der Waals surface area contributed by atoms with Gasteiger partial charge in [0.2, 0.25) is 0 Å². The van der Waals surface area contributed by atoms with Gasteiger partial charge in [0.1, 0.15) is 5.65 Å². The lowest BCUT2D eigenvalue weighted by Crippen LogP contribution is -2.37. The van der Waals surface area contributed by atoms with Crippen molar-refractivity contribution in [3.8, 4) is 5.75 Å². The molecule has 9 heteroatoms. The van der Waals surface area contributed by atoms with Gasteiger partial charge in [0.05, 0.1) is 23.3 Å². The summed E-state index contributed by atoms with van der Waals surface area (Å²) in [5, 5.41) is 18.1. The SMILES string of the molecule is CNC(=O)c1nn(CC2(n3cc(Cl)c4cccnc43)CCCC2)cc(O)c1=O. The molecular weight excluding hydrogens is 382 g/mol. The van der Waals surface area contributed by atoms with Crippen molar-refractivity contribution in [2.45, 2.75) is 37.8 Å². The van der Waals surface area contributed by atoms with Crippen LogP contribution in [0.2, 0.25) is 5.02 Å². The molecule has 2 N–H and O–H groups in total. The maximum atomic E-state index is 12.1. The standard InChI is InChI=1S/C19H20ClN5O3/c1-21-18(28)15-16(27)14(26)10-24(23-15)11-19(6-2-3-7-19)25-9-13(20)12-5-4-8-22-17(12)25/h4-5,8-10,26H,2-3,6-7,11H2,1H3,(H,21,28). The highest BCUT2D eigenvalue weighted by Gasteiger charge is 2.38. The van der Waals surface area contributed by atoms with Crippen LogP contribution < -0.4 is 10.7 Å². The van der Waals surface area contributed by atoms with E-state index in [0.717, 1.165) is 36.7 Å². The van der Waals surface area contributed by atoms with Gasteiger partial charge in [-0.15, -0.1) is 0 Å². The fourth-order valence-corrected chi connectivity index (χ4v) is 4.31. The number of pyridine rings is 1. The van der Waals surface area contributed by atoms with Gasteiger partial charge in [0, 0.05) is 24.8 Å². The lowest BCUT2D eigenvalue weighted by molar-refractivity contribution is 0.0952. The smallest absolute Gasteiger partial charge is 0.275 e. The predicted octanol–water partition coefficient (Wildman–Crippen LogP) is 2.28. The maximum Gasteiger partial charge on any atom is 0.275 e. The molecule has 0 aliphatic heterocycles. The highest BCUT2D eigenvalue weighted by molar-refractivity contribution is 6.35. The number of rotatable bonds is 4. The van der Waals surface area contributed by atoms with E-state index < -0.39 is 17.1 Å². The molecule has 1 saturated carbocycles. The van der Waals surface area contributed by atoms with E-state index in [2.05, 4.69) is 20.0 Å². The van der Waals surface area contributed by atoms with Gasteiger partial charge in [-0.2, -0.15) is 5.10 Å². The molecule has 28 heavy (non-hydrogen) atoms. The molecule has 0 spiro atoms. The lowest BCUT2D eigenvalue weighted by atomic mass is 9.97. The molecule has 0 aromatic carbocycles. The Balaban J connectivity index is 1.83. The van der Waals surface area contributed by atoms with Crippen LogP contribution in [0.5, 0.6) is 5.75 Å². The van der Waals surface area contributed by atoms with Crippen molar-refractivity contribution in [3.05, 3.63) is 51.7 Å². The quantitative estimate of drug-likeness (QED) is 0.698. The molecule has 0 unspecified atom stereocenters. The fourth-order valence-electron chi connectivity index (χ4n) is 4.06. The average Bonchev–Trinajstić information content (AvgIpc) is 3.30. The van der Waals surface area contributed by atoms with E-state index in [1.807, 2.05) is 18.3 Å². The summed E-state index contributed by atoms with van der Waals surface area (Å²) in [7, 11) is 1.41. The summed E-state index contributed by atoms with van der Waals surface area (Å²) < 4.78 is 3.55. The van der Waals surface area contributed by atoms with Crippen LogP contribution in [0.4, 0.5) is 0 Å². The summed E-state index contributed by atoms with van der Waals surface area (Å²) >= 11 is 6.44. The van der Waals surface area contributed by atoms with Crippen molar-refractivity contribution in [2.24, 2.45) is 0 Å². The molecule has 0 radical (unpaired) electrons. The monoisotopic (exact) mass is 401 g/mol. The third kappa shape index (κ3) is 2.93. The average molecular weight is 402 g/mol. The zero-order valence-corrected chi connectivity index (χ0v) is 16.1. The second-order valence-electron chi connectivity index (χ2n) is 7.12. The number of nitrogens with one attached hydrogen (secondary N) is 1. The molecule has 3 heterocycles. The Bertz CT molecular complexity index is 1110. The van der Waals surface area contributed by atoms with Gasteiger partial charge >= 0.3 is 0 Å². The first kappa shape index (κ1) is 18.5. The molecule has 1 aliphatic rings.